The molecule has 2 heterocycles. The summed E-state index contributed by atoms with van der Waals surface area (Å²) in [6.07, 6.45) is 0.824. The number of ether oxygens (including phenoxy) is 1. The number of rotatable bonds is 11. The van der Waals surface area contributed by atoms with Gasteiger partial charge in [-0.2, -0.15) is 0 Å². The number of piperidine rings is 1. The number of nitrogens with one attached hydrogen (secondary N) is 2. The Balaban J connectivity index is 1.66. The van der Waals surface area contributed by atoms with Crippen LogP contribution in [0, 0.1) is 5.92 Å². The van der Waals surface area contributed by atoms with E-state index in [9.17, 15) is 22.8 Å². The third-order valence-electron chi connectivity index (χ3n) is 5.75. The summed E-state index contributed by atoms with van der Waals surface area (Å²) in [5.74, 6) is -1.000. The summed E-state index contributed by atoms with van der Waals surface area (Å²) in [6.45, 7) is 4.59. The summed E-state index contributed by atoms with van der Waals surface area (Å²) in [6, 6.07) is 10.2. The second-order valence-corrected chi connectivity index (χ2v) is 11.9. The minimum atomic E-state index is -3.81. The molecule has 1 aromatic heterocycles. The Bertz CT molecular complexity index is 1250. The molecule has 0 aliphatic carbocycles. The van der Waals surface area contributed by atoms with Crippen LogP contribution in [0.2, 0.25) is 5.02 Å². The molecule has 0 bridgehead atoms. The molecule has 0 atom stereocenters. The minimum Gasteiger partial charge on any atom is -0.462 e. The highest BCUT2D eigenvalue weighted by atomic mass is 35.5. The zero-order chi connectivity index (χ0) is 27.7. The molecule has 2 N–H and O–H groups in total. The van der Waals surface area contributed by atoms with Crippen LogP contribution in [-0.4, -0.2) is 63.2 Å². The van der Waals surface area contributed by atoms with E-state index >= 15 is 0 Å². The molecule has 2 aromatic rings. The number of nitrogens with zero attached hydrogens (tertiary/aromatic N) is 2. The van der Waals surface area contributed by atoms with Gasteiger partial charge in [-0.05, 0) is 31.4 Å². The van der Waals surface area contributed by atoms with Gasteiger partial charge in [-0.3, -0.25) is 14.3 Å². The highest BCUT2D eigenvalue weighted by Crippen LogP contribution is 2.33. The SMILES string of the molecule is CCOC(=O)c1cc(Cl)c(N2CCC(C(=O)NS(=O)(=O)Cc3ccccc3)CC2)nc1SCCNC(C)=O. The van der Waals surface area contributed by atoms with Crippen LogP contribution in [-0.2, 0) is 30.1 Å². The number of amides is 2. The Kier molecular flexibility index (Phi) is 10.8. The molecule has 1 fully saturated rings. The fourth-order valence-electron chi connectivity index (χ4n) is 3.94. The molecule has 0 saturated carbocycles. The maximum atomic E-state index is 12.7. The molecule has 2 amide bonds. The molecule has 38 heavy (non-hydrogen) atoms. The minimum absolute atomic E-state index is 0.152. The third kappa shape index (κ3) is 8.60. The topological polar surface area (TPSA) is 135 Å². The number of esters is 1. The quantitative estimate of drug-likeness (QED) is 0.233. The van der Waals surface area contributed by atoms with Gasteiger partial charge in [-0.1, -0.05) is 41.9 Å². The number of benzene rings is 1. The molecule has 1 aromatic carbocycles. The van der Waals surface area contributed by atoms with E-state index in [1.165, 1.54) is 24.8 Å². The van der Waals surface area contributed by atoms with Crippen molar-refractivity contribution >= 4 is 57.0 Å². The van der Waals surface area contributed by atoms with E-state index in [1.807, 2.05) is 4.90 Å². The fraction of sp³-hybridized carbons (Fsp3) is 0.440. The number of hydrogen-bond donors (Lipinski definition) is 2. The van der Waals surface area contributed by atoms with Crippen LogP contribution in [0.15, 0.2) is 41.4 Å². The lowest BCUT2D eigenvalue weighted by Gasteiger charge is -2.33. The van der Waals surface area contributed by atoms with Crippen molar-refractivity contribution in [3.05, 3.63) is 52.5 Å². The first-order valence-electron chi connectivity index (χ1n) is 12.2. The van der Waals surface area contributed by atoms with E-state index in [2.05, 4.69) is 15.0 Å². The van der Waals surface area contributed by atoms with Gasteiger partial charge in [-0.25, -0.2) is 18.2 Å². The summed E-state index contributed by atoms with van der Waals surface area (Å²) >= 11 is 7.81. The first-order valence-corrected chi connectivity index (χ1v) is 15.2. The van der Waals surface area contributed by atoms with Gasteiger partial charge in [0, 0.05) is 38.2 Å². The van der Waals surface area contributed by atoms with E-state index < -0.39 is 27.8 Å². The van der Waals surface area contributed by atoms with Gasteiger partial charge >= 0.3 is 5.97 Å². The van der Waals surface area contributed by atoms with Crippen molar-refractivity contribution in [1.82, 2.24) is 15.0 Å². The van der Waals surface area contributed by atoms with Crippen LogP contribution in [0.1, 0.15) is 42.6 Å². The third-order valence-corrected chi connectivity index (χ3v) is 8.25. The lowest BCUT2D eigenvalue weighted by Crippen LogP contribution is -2.43. The molecule has 0 spiro atoms. The molecule has 1 aliphatic heterocycles. The summed E-state index contributed by atoms with van der Waals surface area (Å²) < 4.78 is 32.3. The fourth-order valence-corrected chi connectivity index (χ4v) is 6.24. The molecule has 0 radical (unpaired) electrons. The maximum Gasteiger partial charge on any atom is 0.340 e. The monoisotopic (exact) mass is 582 g/mol. The Morgan fingerprint density at radius 3 is 2.50 bits per heavy atom. The summed E-state index contributed by atoms with van der Waals surface area (Å²) in [4.78, 5) is 42.9. The van der Waals surface area contributed by atoms with Crippen LogP contribution in [0.5, 0.6) is 0 Å². The zero-order valence-electron chi connectivity index (χ0n) is 21.2. The second kappa shape index (κ2) is 13.8. The Morgan fingerprint density at radius 2 is 1.87 bits per heavy atom. The first kappa shape index (κ1) is 29.7. The van der Waals surface area contributed by atoms with Crippen LogP contribution in [0.3, 0.4) is 0 Å². The second-order valence-electron chi connectivity index (χ2n) is 8.67. The Hall–Kier alpha value is -2.83. The molecule has 1 aliphatic rings. The summed E-state index contributed by atoms with van der Waals surface area (Å²) in [5, 5.41) is 3.40. The van der Waals surface area contributed by atoms with E-state index in [4.69, 9.17) is 16.3 Å². The van der Waals surface area contributed by atoms with Crippen molar-refractivity contribution in [2.75, 3.05) is 36.9 Å². The molecule has 206 valence electrons. The molecular formula is C25H31ClN4O6S2. The van der Waals surface area contributed by atoms with Crippen LogP contribution < -0.4 is 14.9 Å². The van der Waals surface area contributed by atoms with Gasteiger partial charge in [0.2, 0.25) is 21.8 Å². The molecule has 1 saturated heterocycles. The van der Waals surface area contributed by atoms with Crippen molar-refractivity contribution in [2.45, 2.75) is 37.5 Å². The number of anilines is 1. The predicted molar refractivity (Wildman–Crippen MR) is 147 cm³/mol. The average Bonchev–Trinajstić information content (AvgIpc) is 2.87. The number of aromatic nitrogens is 1. The standard InChI is InChI=1S/C25H31ClN4O6S2/c1-3-36-25(33)20-15-21(26)22(28-24(20)37-14-11-27-17(2)31)30-12-9-19(10-13-30)23(32)29-38(34,35)16-18-7-5-4-6-8-18/h4-8,15,19H,3,9-14,16H2,1-2H3,(H,27,31)(H,29,32). The lowest BCUT2D eigenvalue weighted by atomic mass is 9.96. The van der Waals surface area contributed by atoms with E-state index in [1.54, 1.807) is 37.3 Å². The molecule has 0 unspecified atom stereocenters. The first-order chi connectivity index (χ1) is 18.1. The number of hydrogen-bond acceptors (Lipinski definition) is 9. The van der Waals surface area contributed by atoms with Gasteiger partial charge in [0.1, 0.15) is 10.8 Å². The highest BCUT2D eigenvalue weighted by molar-refractivity contribution is 7.99. The van der Waals surface area contributed by atoms with Crippen LogP contribution in [0.25, 0.3) is 0 Å². The maximum absolute atomic E-state index is 12.7. The average molecular weight is 583 g/mol. The predicted octanol–water partition coefficient (Wildman–Crippen LogP) is 3.00. The number of carbonyl (C=O) groups is 3. The number of carbonyl (C=O) groups excluding carboxylic acids is 3. The van der Waals surface area contributed by atoms with Gasteiger partial charge in [0.05, 0.1) is 22.9 Å². The van der Waals surface area contributed by atoms with Crippen molar-refractivity contribution in [1.29, 1.82) is 0 Å². The number of pyridine rings is 1. The van der Waals surface area contributed by atoms with Crippen molar-refractivity contribution in [3.8, 4) is 0 Å². The van der Waals surface area contributed by atoms with E-state index in [0.29, 0.717) is 54.6 Å². The van der Waals surface area contributed by atoms with Gasteiger partial charge < -0.3 is 15.0 Å². The molecule has 13 heteroatoms. The van der Waals surface area contributed by atoms with Crippen molar-refractivity contribution < 1.29 is 27.5 Å². The van der Waals surface area contributed by atoms with Crippen molar-refractivity contribution in [3.63, 3.8) is 0 Å². The molecule has 3 rings (SSSR count). The van der Waals surface area contributed by atoms with Gasteiger partial charge in [0.15, 0.2) is 0 Å². The smallest absolute Gasteiger partial charge is 0.340 e. The summed E-state index contributed by atoms with van der Waals surface area (Å²) in [7, 11) is -3.81. The van der Waals surface area contributed by atoms with Crippen LogP contribution >= 0.6 is 23.4 Å². The van der Waals surface area contributed by atoms with Crippen LogP contribution in [0.4, 0.5) is 5.82 Å². The Labute approximate surface area is 231 Å². The van der Waals surface area contributed by atoms with Gasteiger partial charge in [0.25, 0.3) is 0 Å². The van der Waals surface area contributed by atoms with E-state index in [0.717, 1.165) is 0 Å². The zero-order valence-corrected chi connectivity index (χ0v) is 23.6. The largest absolute Gasteiger partial charge is 0.462 e. The molecule has 10 nitrogen and oxygen atoms in total. The number of sulfonamides is 1. The number of halogens is 1. The Morgan fingerprint density at radius 1 is 1.18 bits per heavy atom. The number of thioether (sulfide) groups is 1. The summed E-state index contributed by atoms with van der Waals surface area (Å²) in [5.41, 5.74) is 0.840. The van der Waals surface area contributed by atoms with Gasteiger partial charge in [-0.15, -0.1) is 11.8 Å². The highest BCUT2D eigenvalue weighted by Gasteiger charge is 2.30. The molecular weight excluding hydrogens is 552 g/mol. The lowest BCUT2D eigenvalue weighted by molar-refractivity contribution is -0.123. The van der Waals surface area contributed by atoms with E-state index in [-0.39, 0.29) is 28.9 Å². The normalized spacial score (nSPS) is 14.1. The van der Waals surface area contributed by atoms with Crippen molar-refractivity contribution in [2.24, 2.45) is 5.92 Å².